The summed E-state index contributed by atoms with van der Waals surface area (Å²) in [5, 5.41) is 13.8. The summed E-state index contributed by atoms with van der Waals surface area (Å²) in [5.74, 6) is 0.226. The maximum Gasteiger partial charge on any atom is 0.117 e. The van der Waals surface area contributed by atoms with Gasteiger partial charge in [-0.3, -0.25) is 0 Å². The van der Waals surface area contributed by atoms with Crippen molar-refractivity contribution in [1.82, 2.24) is 0 Å². The maximum atomic E-state index is 9.41. The highest BCUT2D eigenvalue weighted by Crippen LogP contribution is 2.31. The Morgan fingerprint density at radius 3 is 2.56 bits per heavy atom. The van der Waals surface area contributed by atoms with E-state index in [0.717, 1.165) is 11.3 Å². The van der Waals surface area contributed by atoms with Crippen LogP contribution in [0.25, 0.3) is 0 Å². The van der Waals surface area contributed by atoms with Crippen molar-refractivity contribution in [3.63, 3.8) is 0 Å². The summed E-state index contributed by atoms with van der Waals surface area (Å²) in [4.78, 5) is 0. The minimum atomic E-state index is -0.00185. The highest BCUT2D eigenvalue weighted by molar-refractivity contribution is 6.42. The quantitative estimate of drug-likeness (QED) is 0.841. The average molecular weight is 282 g/mol. The molecule has 0 radical (unpaired) electrons. The number of hydrogen-bond donors (Lipinski definition) is 2. The molecule has 2 N–H and O–H groups in total. The molecule has 0 heterocycles. The second-order valence-electron chi connectivity index (χ2n) is 4.06. The summed E-state index contributed by atoms with van der Waals surface area (Å²) in [5.41, 5.74) is 1.76. The van der Waals surface area contributed by atoms with E-state index in [-0.39, 0.29) is 11.8 Å². The van der Waals surface area contributed by atoms with Crippen molar-refractivity contribution in [1.29, 1.82) is 0 Å². The standard InChI is InChI=1S/C14H13Cl2NO/c1-9(12-6-3-7-13(15)14(12)16)17-10-4-2-5-11(18)8-10/h2-9,17-18H,1H3. The Labute approximate surface area is 116 Å². The lowest BCUT2D eigenvalue weighted by Gasteiger charge is -2.17. The van der Waals surface area contributed by atoms with Gasteiger partial charge < -0.3 is 10.4 Å². The van der Waals surface area contributed by atoms with E-state index in [4.69, 9.17) is 23.2 Å². The lowest BCUT2D eigenvalue weighted by molar-refractivity contribution is 0.475. The molecular formula is C14H13Cl2NO. The Kier molecular flexibility index (Phi) is 4.00. The molecule has 0 aromatic heterocycles. The van der Waals surface area contributed by atoms with E-state index >= 15 is 0 Å². The maximum absolute atomic E-state index is 9.41. The number of phenols is 1. The van der Waals surface area contributed by atoms with Crippen LogP contribution in [0.4, 0.5) is 5.69 Å². The van der Waals surface area contributed by atoms with Gasteiger partial charge in [0.05, 0.1) is 16.1 Å². The fourth-order valence-electron chi connectivity index (χ4n) is 1.78. The first-order valence-corrected chi connectivity index (χ1v) is 6.33. The van der Waals surface area contributed by atoms with Crippen molar-refractivity contribution in [3.8, 4) is 5.75 Å². The molecule has 0 saturated carbocycles. The molecule has 0 bridgehead atoms. The predicted octanol–water partition coefficient (Wildman–Crippen LogP) is 4.87. The first kappa shape index (κ1) is 13.1. The van der Waals surface area contributed by atoms with Crippen molar-refractivity contribution >= 4 is 28.9 Å². The molecule has 18 heavy (non-hydrogen) atoms. The van der Waals surface area contributed by atoms with Crippen LogP contribution in [0.1, 0.15) is 18.5 Å². The third-order valence-electron chi connectivity index (χ3n) is 2.68. The monoisotopic (exact) mass is 281 g/mol. The highest BCUT2D eigenvalue weighted by Gasteiger charge is 2.11. The molecule has 0 amide bonds. The Balaban J connectivity index is 2.22. The average Bonchev–Trinajstić information content (AvgIpc) is 2.32. The van der Waals surface area contributed by atoms with Crippen molar-refractivity contribution < 1.29 is 5.11 Å². The fourth-order valence-corrected chi connectivity index (χ4v) is 2.25. The van der Waals surface area contributed by atoms with Crippen LogP contribution < -0.4 is 5.32 Å². The van der Waals surface area contributed by atoms with Gasteiger partial charge in [-0.1, -0.05) is 41.4 Å². The van der Waals surface area contributed by atoms with E-state index < -0.39 is 0 Å². The van der Waals surface area contributed by atoms with Crippen molar-refractivity contribution in [2.24, 2.45) is 0 Å². The zero-order valence-corrected chi connectivity index (χ0v) is 11.3. The Bertz CT molecular complexity index is 557. The summed E-state index contributed by atoms with van der Waals surface area (Å²) >= 11 is 12.2. The SMILES string of the molecule is CC(Nc1cccc(O)c1)c1cccc(Cl)c1Cl. The van der Waals surface area contributed by atoms with E-state index in [9.17, 15) is 5.11 Å². The topological polar surface area (TPSA) is 32.3 Å². The van der Waals surface area contributed by atoms with Gasteiger partial charge in [0.25, 0.3) is 0 Å². The molecule has 2 rings (SSSR count). The minimum absolute atomic E-state index is 0.00185. The van der Waals surface area contributed by atoms with Gasteiger partial charge in [0, 0.05) is 11.8 Å². The number of nitrogens with one attached hydrogen (secondary N) is 1. The molecule has 0 saturated heterocycles. The number of anilines is 1. The number of hydrogen-bond acceptors (Lipinski definition) is 2. The third kappa shape index (κ3) is 2.89. The van der Waals surface area contributed by atoms with Crippen LogP contribution in [0, 0.1) is 0 Å². The highest BCUT2D eigenvalue weighted by atomic mass is 35.5. The summed E-state index contributed by atoms with van der Waals surface area (Å²) in [6.45, 7) is 1.99. The number of phenolic OH excluding ortho intramolecular Hbond substituents is 1. The van der Waals surface area contributed by atoms with E-state index in [0.29, 0.717) is 10.0 Å². The zero-order chi connectivity index (χ0) is 13.1. The molecule has 0 fully saturated rings. The van der Waals surface area contributed by atoms with Gasteiger partial charge in [0.1, 0.15) is 5.75 Å². The molecule has 2 nitrogen and oxygen atoms in total. The van der Waals surface area contributed by atoms with Gasteiger partial charge in [-0.2, -0.15) is 0 Å². The molecule has 1 atom stereocenters. The number of rotatable bonds is 3. The van der Waals surface area contributed by atoms with Crippen molar-refractivity contribution in [3.05, 3.63) is 58.1 Å². The molecule has 4 heteroatoms. The Hall–Kier alpha value is -1.38. The van der Waals surface area contributed by atoms with Crippen LogP contribution in [0.5, 0.6) is 5.75 Å². The lowest BCUT2D eigenvalue weighted by atomic mass is 10.1. The van der Waals surface area contributed by atoms with Gasteiger partial charge in [-0.05, 0) is 30.7 Å². The van der Waals surface area contributed by atoms with Crippen LogP contribution in [-0.2, 0) is 0 Å². The van der Waals surface area contributed by atoms with Crippen molar-refractivity contribution in [2.45, 2.75) is 13.0 Å². The van der Waals surface area contributed by atoms with Gasteiger partial charge in [0.15, 0.2) is 0 Å². The van der Waals surface area contributed by atoms with E-state index in [1.165, 1.54) is 0 Å². The van der Waals surface area contributed by atoms with E-state index in [1.54, 1.807) is 24.3 Å². The molecule has 94 valence electrons. The first-order valence-electron chi connectivity index (χ1n) is 5.57. The van der Waals surface area contributed by atoms with Crippen LogP contribution in [-0.4, -0.2) is 5.11 Å². The Morgan fingerprint density at radius 2 is 1.83 bits per heavy atom. The summed E-state index contributed by atoms with van der Waals surface area (Å²) < 4.78 is 0. The molecule has 2 aromatic rings. The molecule has 0 spiro atoms. The molecular weight excluding hydrogens is 269 g/mol. The second kappa shape index (κ2) is 5.51. The summed E-state index contributed by atoms with van der Waals surface area (Å²) in [6.07, 6.45) is 0. The van der Waals surface area contributed by atoms with Crippen LogP contribution in [0.3, 0.4) is 0 Å². The smallest absolute Gasteiger partial charge is 0.117 e. The van der Waals surface area contributed by atoms with E-state index in [1.807, 2.05) is 25.1 Å². The zero-order valence-electron chi connectivity index (χ0n) is 9.82. The fraction of sp³-hybridized carbons (Fsp3) is 0.143. The summed E-state index contributed by atoms with van der Waals surface area (Å²) in [6, 6.07) is 12.5. The van der Waals surface area contributed by atoms with Gasteiger partial charge in [-0.15, -0.1) is 0 Å². The molecule has 2 aromatic carbocycles. The second-order valence-corrected chi connectivity index (χ2v) is 4.84. The van der Waals surface area contributed by atoms with Gasteiger partial charge in [-0.25, -0.2) is 0 Å². The predicted molar refractivity (Wildman–Crippen MR) is 76.6 cm³/mol. The van der Waals surface area contributed by atoms with Crippen LogP contribution >= 0.6 is 23.2 Å². The van der Waals surface area contributed by atoms with Crippen LogP contribution in [0.15, 0.2) is 42.5 Å². The molecule has 1 unspecified atom stereocenters. The Morgan fingerprint density at radius 1 is 1.11 bits per heavy atom. The first-order chi connectivity index (χ1) is 8.58. The number of benzene rings is 2. The summed E-state index contributed by atoms with van der Waals surface area (Å²) in [7, 11) is 0. The molecule has 0 aliphatic rings. The molecule has 0 aliphatic carbocycles. The van der Waals surface area contributed by atoms with E-state index in [2.05, 4.69) is 5.32 Å². The van der Waals surface area contributed by atoms with Crippen molar-refractivity contribution in [2.75, 3.05) is 5.32 Å². The van der Waals surface area contributed by atoms with Gasteiger partial charge >= 0.3 is 0 Å². The molecule has 0 aliphatic heterocycles. The number of halogens is 2. The largest absolute Gasteiger partial charge is 0.508 e. The normalized spacial score (nSPS) is 12.2. The number of aromatic hydroxyl groups is 1. The lowest BCUT2D eigenvalue weighted by Crippen LogP contribution is -2.07. The van der Waals surface area contributed by atoms with Gasteiger partial charge in [0.2, 0.25) is 0 Å². The third-order valence-corrected chi connectivity index (χ3v) is 3.51. The van der Waals surface area contributed by atoms with Crippen LogP contribution in [0.2, 0.25) is 10.0 Å². The minimum Gasteiger partial charge on any atom is -0.508 e.